The molecule has 3 aromatic rings. The van der Waals surface area contributed by atoms with Crippen LogP contribution in [0, 0.1) is 0 Å². The van der Waals surface area contributed by atoms with Gasteiger partial charge in [-0.05, 0) is 22.1 Å². The number of hydrogen-bond acceptors (Lipinski definition) is 5. The van der Waals surface area contributed by atoms with Gasteiger partial charge in [0.05, 0.1) is 18.2 Å². The van der Waals surface area contributed by atoms with Gasteiger partial charge in [0.15, 0.2) is 0 Å². The molecule has 0 saturated carbocycles. The molecule has 1 aromatic carbocycles. The first-order chi connectivity index (χ1) is 9.92. The van der Waals surface area contributed by atoms with Crippen molar-refractivity contribution >= 4 is 11.6 Å². The normalized spacial score (nSPS) is 17.2. The summed E-state index contributed by atoms with van der Waals surface area (Å²) in [6.07, 6.45) is 5.50. The summed E-state index contributed by atoms with van der Waals surface area (Å²) in [5.41, 5.74) is 3.01. The molecule has 0 amide bonds. The molecule has 1 unspecified atom stereocenters. The maximum absolute atomic E-state index is 4.07. The van der Waals surface area contributed by atoms with E-state index in [9.17, 15) is 0 Å². The van der Waals surface area contributed by atoms with Gasteiger partial charge in [0, 0.05) is 5.70 Å². The number of rotatable bonds is 2. The molecule has 2 aromatic heterocycles. The lowest BCUT2D eigenvalue weighted by atomic mass is 10.1. The maximum Gasteiger partial charge on any atom is 0.248 e. The van der Waals surface area contributed by atoms with E-state index in [1.165, 1.54) is 0 Å². The van der Waals surface area contributed by atoms with E-state index in [0.29, 0.717) is 5.95 Å². The van der Waals surface area contributed by atoms with Gasteiger partial charge >= 0.3 is 0 Å². The molecular weight excluding hydrogens is 254 g/mol. The molecule has 4 rings (SSSR count). The maximum atomic E-state index is 4.07. The van der Waals surface area contributed by atoms with Crippen LogP contribution < -0.4 is 5.32 Å². The SMILES string of the molecule is C1=C(c2ccccc2)Nc2nnnn2C1c1cnc[nH]1. The molecule has 0 fully saturated rings. The standard InChI is InChI=1S/C13H11N7/c1-2-4-9(5-3-1)10-6-12(11-7-14-8-15-11)20-13(16-10)17-18-19-20/h1-8,12H,(H,14,15)(H,16,17,19). The van der Waals surface area contributed by atoms with Crippen LogP contribution in [0.2, 0.25) is 0 Å². The number of anilines is 1. The van der Waals surface area contributed by atoms with Crippen LogP contribution in [0.1, 0.15) is 17.3 Å². The molecule has 2 N–H and O–H groups in total. The first-order valence-corrected chi connectivity index (χ1v) is 6.22. The monoisotopic (exact) mass is 265 g/mol. The number of tetrazole rings is 1. The zero-order chi connectivity index (χ0) is 13.4. The van der Waals surface area contributed by atoms with Crippen molar-refractivity contribution in [3.8, 4) is 0 Å². The number of nitrogens with zero attached hydrogens (tertiary/aromatic N) is 5. The summed E-state index contributed by atoms with van der Waals surface area (Å²) in [6, 6.07) is 9.98. The highest BCUT2D eigenvalue weighted by Crippen LogP contribution is 2.30. The Hall–Kier alpha value is -2.96. The fraction of sp³-hybridized carbons (Fsp3) is 0.0769. The van der Waals surface area contributed by atoms with E-state index in [1.54, 1.807) is 17.2 Å². The fourth-order valence-electron chi connectivity index (χ4n) is 2.29. The summed E-state index contributed by atoms with van der Waals surface area (Å²) < 4.78 is 1.72. The van der Waals surface area contributed by atoms with Crippen LogP contribution in [-0.4, -0.2) is 30.2 Å². The largest absolute Gasteiger partial charge is 0.346 e. The molecule has 0 saturated heterocycles. The fourth-order valence-corrected chi connectivity index (χ4v) is 2.29. The minimum atomic E-state index is -0.0982. The molecule has 1 atom stereocenters. The number of allylic oxidation sites excluding steroid dienone is 1. The van der Waals surface area contributed by atoms with Crippen molar-refractivity contribution in [1.82, 2.24) is 30.2 Å². The molecule has 0 radical (unpaired) electrons. The van der Waals surface area contributed by atoms with E-state index in [-0.39, 0.29) is 6.04 Å². The molecule has 0 bridgehead atoms. The lowest BCUT2D eigenvalue weighted by Crippen LogP contribution is -2.20. The summed E-state index contributed by atoms with van der Waals surface area (Å²) in [6.45, 7) is 0. The van der Waals surface area contributed by atoms with E-state index in [2.05, 4.69) is 36.9 Å². The smallest absolute Gasteiger partial charge is 0.248 e. The first-order valence-electron chi connectivity index (χ1n) is 6.22. The second-order valence-corrected chi connectivity index (χ2v) is 4.47. The minimum Gasteiger partial charge on any atom is -0.346 e. The van der Waals surface area contributed by atoms with Crippen molar-refractivity contribution in [1.29, 1.82) is 0 Å². The third-order valence-electron chi connectivity index (χ3n) is 3.25. The molecule has 98 valence electrons. The third-order valence-corrected chi connectivity index (χ3v) is 3.25. The van der Waals surface area contributed by atoms with Gasteiger partial charge in [-0.15, -0.1) is 0 Å². The highest BCUT2D eigenvalue weighted by atomic mass is 15.6. The lowest BCUT2D eigenvalue weighted by Gasteiger charge is -2.22. The number of nitrogens with one attached hydrogen (secondary N) is 2. The van der Waals surface area contributed by atoms with Gasteiger partial charge in [0.25, 0.3) is 0 Å². The molecule has 0 spiro atoms. The van der Waals surface area contributed by atoms with Crippen LogP contribution in [0.3, 0.4) is 0 Å². The van der Waals surface area contributed by atoms with Gasteiger partial charge in [0.1, 0.15) is 6.04 Å². The number of H-pyrrole nitrogens is 1. The summed E-state index contributed by atoms with van der Waals surface area (Å²) in [4.78, 5) is 7.18. The molecule has 3 heterocycles. The number of aromatic amines is 1. The van der Waals surface area contributed by atoms with E-state index in [0.717, 1.165) is 17.0 Å². The topological polar surface area (TPSA) is 84.3 Å². The zero-order valence-corrected chi connectivity index (χ0v) is 10.4. The second kappa shape index (κ2) is 4.30. The van der Waals surface area contributed by atoms with E-state index in [4.69, 9.17) is 0 Å². The Kier molecular flexibility index (Phi) is 2.35. The minimum absolute atomic E-state index is 0.0982. The molecule has 0 aliphatic carbocycles. The average Bonchev–Trinajstić information content (AvgIpc) is 3.18. The van der Waals surface area contributed by atoms with Gasteiger partial charge in [-0.3, -0.25) is 0 Å². The number of benzene rings is 1. The van der Waals surface area contributed by atoms with Gasteiger partial charge in [0.2, 0.25) is 5.95 Å². The summed E-state index contributed by atoms with van der Waals surface area (Å²) in [5.74, 6) is 0.617. The Morgan fingerprint density at radius 1 is 1.15 bits per heavy atom. The quantitative estimate of drug-likeness (QED) is 0.732. The van der Waals surface area contributed by atoms with Crippen LogP contribution in [0.25, 0.3) is 5.70 Å². The first kappa shape index (κ1) is 10.9. The highest BCUT2D eigenvalue weighted by Gasteiger charge is 2.24. The van der Waals surface area contributed by atoms with Crippen LogP contribution in [0.15, 0.2) is 48.9 Å². The third kappa shape index (κ3) is 1.68. The second-order valence-electron chi connectivity index (χ2n) is 4.47. The molecular formula is C13H11N7. The van der Waals surface area contributed by atoms with Crippen molar-refractivity contribution < 1.29 is 0 Å². The highest BCUT2D eigenvalue weighted by molar-refractivity contribution is 5.76. The van der Waals surface area contributed by atoms with Gasteiger partial charge in [-0.2, -0.15) is 4.68 Å². The molecule has 7 nitrogen and oxygen atoms in total. The van der Waals surface area contributed by atoms with Gasteiger partial charge in [-0.25, -0.2) is 4.98 Å². The van der Waals surface area contributed by atoms with Crippen molar-refractivity contribution in [3.05, 3.63) is 60.2 Å². The number of hydrogen-bond donors (Lipinski definition) is 2. The molecule has 1 aliphatic rings. The van der Waals surface area contributed by atoms with Crippen molar-refractivity contribution in [3.63, 3.8) is 0 Å². The Balaban J connectivity index is 1.83. The van der Waals surface area contributed by atoms with Crippen molar-refractivity contribution in [2.45, 2.75) is 6.04 Å². The van der Waals surface area contributed by atoms with E-state index >= 15 is 0 Å². The van der Waals surface area contributed by atoms with Gasteiger partial charge < -0.3 is 10.3 Å². The summed E-state index contributed by atoms with van der Waals surface area (Å²) in [7, 11) is 0. The molecule has 7 heteroatoms. The Morgan fingerprint density at radius 2 is 2.05 bits per heavy atom. The molecule has 1 aliphatic heterocycles. The van der Waals surface area contributed by atoms with E-state index < -0.39 is 0 Å². The number of imidazole rings is 1. The van der Waals surface area contributed by atoms with Crippen LogP contribution in [0.5, 0.6) is 0 Å². The predicted molar refractivity (Wildman–Crippen MR) is 72.6 cm³/mol. The Morgan fingerprint density at radius 3 is 2.85 bits per heavy atom. The zero-order valence-electron chi connectivity index (χ0n) is 10.4. The number of fused-ring (bicyclic) bond motifs is 1. The Labute approximate surface area is 114 Å². The van der Waals surface area contributed by atoms with Crippen molar-refractivity contribution in [2.75, 3.05) is 5.32 Å². The molecule has 20 heavy (non-hydrogen) atoms. The average molecular weight is 265 g/mol. The number of aromatic nitrogens is 6. The summed E-state index contributed by atoms with van der Waals surface area (Å²) in [5, 5.41) is 15.0. The van der Waals surface area contributed by atoms with Crippen LogP contribution >= 0.6 is 0 Å². The Bertz CT molecular complexity index is 742. The summed E-state index contributed by atoms with van der Waals surface area (Å²) >= 11 is 0. The van der Waals surface area contributed by atoms with E-state index in [1.807, 2.05) is 30.3 Å². The lowest BCUT2D eigenvalue weighted by molar-refractivity contribution is 0.576. The van der Waals surface area contributed by atoms with Crippen LogP contribution in [0.4, 0.5) is 5.95 Å². The van der Waals surface area contributed by atoms with Crippen molar-refractivity contribution in [2.24, 2.45) is 0 Å². The predicted octanol–water partition coefficient (Wildman–Crippen LogP) is 1.45. The van der Waals surface area contributed by atoms with Gasteiger partial charge in [-0.1, -0.05) is 35.4 Å². The van der Waals surface area contributed by atoms with Crippen LogP contribution in [-0.2, 0) is 0 Å².